The normalized spacial score (nSPS) is 12.5. The van der Waals surface area contributed by atoms with Crippen LogP contribution in [0.4, 0.5) is 0 Å². The van der Waals surface area contributed by atoms with Crippen LogP contribution in [0.3, 0.4) is 0 Å². The molecule has 0 aliphatic rings. The fraction of sp³-hybridized carbons (Fsp3) is 0.889. The molecule has 0 aromatic heterocycles. The number of hydrogen-bond donors (Lipinski definition) is 2. The van der Waals surface area contributed by atoms with Crippen molar-refractivity contribution in [2.24, 2.45) is 0 Å². The Morgan fingerprint density at radius 3 is 2.69 bits per heavy atom. The molecule has 0 saturated carbocycles. The molecule has 1 N–H and O–H groups in total. The maximum Gasteiger partial charge on any atom is 0.323 e. The quantitative estimate of drug-likeness (QED) is 0.373. The summed E-state index contributed by atoms with van der Waals surface area (Å²) in [4.78, 5) is 11.1. The third kappa shape index (κ3) is 5.93. The number of esters is 1. The van der Waals surface area contributed by atoms with Crippen LogP contribution < -0.4 is 5.32 Å². The zero-order valence-corrected chi connectivity index (χ0v) is 9.27. The molecule has 0 spiro atoms. The molecule has 0 bridgehead atoms. The van der Waals surface area contributed by atoms with Gasteiger partial charge in [0.2, 0.25) is 0 Å². The second kappa shape index (κ2) is 8.38. The van der Waals surface area contributed by atoms with Crippen molar-refractivity contribution in [2.45, 2.75) is 32.2 Å². The van der Waals surface area contributed by atoms with Crippen molar-refractivity contribution in [3.05, 3.63) is 0 Å². The second-order valence-electron chi connectivity index (χ2n) is 2.92. The van der Waals surface area contributed by atoms with E-state index in [1.54, 1.807) is 0 Å². The van der Waals surface area contributed by atoms with Gasteiger partial charge in [0.05, 0.1) is 7.11 Å². The molecule has 0 rings (SSSR count). The van der Waals surface area contributed by atoms with Crippen molar-refractivity contribution in [1.29, 1.82) is 0 Å². The molecule has 0 radical (unpaired) electrons. The first kappa shape index (κ1) is 12.8. The van der Waals surface area contributed by atoms with Crippen molar-refractivity contribution in [3.63, 3.8) is 0 Å². The fourth-order valence-electron chi connectivity index (χ4n) is 1.02. The zero-order valence-electron chi connectivity index (χ0n) is 8.38. The van der Waals surface area contributed by atoms with Crippen LogP contribution in [-0.4, -0.2) is 31.4 Å². The van der Waals surface area contributed by atoms with Crippen LogP contribution in [0.2, 0.25) is 0 Å². The van der Waals surface area contributed by atoms with E-state index in [4.69, 9.17) is 0 Å². The van der Waals surface area contributed by atoms with Crippen LogP contribution in [-0.2, 0) is 9.53 Å². The summed E-state index contributed by atoms with van der Waals surface area (Å²) in [5, 5.41) is 3.10. The maximum absolute atomic E-state index is 11.1. The number of ether oxygens (including phenoxy) is 1. The Balaban J connectivity index is 3.53. The Morgan fingerprint density at radius 2 is 2.23 bits per heavy atom. The smallest absolute Gasteiger partial charge is 0.323 e. The lowest BCUT2D eigenvalue weighted by atomic mass is 10.2. The molecule has 0 aromatic rings. The molecule has 3 nitrogen and oxygen atoms in total. The van der Waals surface area contributed by atoms with Gasteiger partial charge in [-0.05, 0) is 13.0 Å². The molecule has 0 aliphatic carbocycles. The van der Waals surface area contributed by atoms with E-state index in [9.17, 15) is 4.79 Å². The Kier molecular flexibility index (Phi) is 8.24. The Morgan fingerprint density at radius 1 is 1.54 bits per heavy atom. The second-order valence-corrected chi connectivity index (χ2v) is 3.28. The monoisotopic (exact) mass is 205 g/mol. The van der Waals surface area contributed by atoms with Crippen LogP contribution in [0.5, 0.6) is 0 Å². The van der Waals surface area contributed by atoms with E-state index in [0.717, 1.165) is 13.0 Å². The SMILES string of the molecule is CCCCCN[C@@H](CS)C(=O)OC. The van der Waals surface area contributed by atoms with Gasteiger partial charge in [-0.15, -0.1) is 0 Å². The van der Waals surface area contributed by atoms with Gasteiger partial charge >= 0.3 is 5.97 Å². The molecule has 0 aromatic carbocycles. The predicted octanol–water partition coefficient (Wildman–Crippen LogP) is 1.24. The van der Waals surface area contributed by atoms with E-state index in [1.807, 2.05) is 0 Å². The number of nitrogens with one attached hydrogen (secondary N) is 1. The summed E-state index contributed by atoms with van der Waals surface area (Å²) < 4.78 is 4.61. The average molecular weight is 205 g/mol. The molecule has 13 heavy (non-hydrogen) atoms. The standard InChI is InChI=1S/C9H19NO2S/c1-3-4-5-6-10-8(7-13)9(11)12-2/h8,10,13H,3-7H2,1-2H3/t8-/m0/s1. The first-order valence-electron chi connectivity index (χ1n) is 4.68. The minimum Gasteiger partial charge on any atom is -0.468 e. The first-order valence-corrected chi connectivity index (χ1v) is 5.31. The molecule has 0 unspecified atom stereocenters. The number of carbonyl (C=O) groups excluding carboxylic acids is 1. The highest BCUT2D eigenvalue weighted by Crippen LogP contribution is 1.95. The van der Waals surface area contributed by atoms with Crippen molar-refractivity contribution in [3.8, 4) is 0 Å². The van der Waals surface area contributed by atoms with Crippen molar-refractivity contribution in [2.75, 3.05) is 19.4 Å². The molecule has 4 heteroatoms. The summed E-state index contributed by atoms with van der Waals surface area (Å²) in [6.45, 7) is 3.00. The van der Waals surface area contributed by atoms with Gasteiger partial charge in [0, 0.05) is 5.75 Å². The van der Waals surface area contributed by atoms with E-state index in [2.05, 4.69) is 29.6 Å². The lowest BCUT2D eigenvalue weighted by Gasteiger charge is -2.13. The van der Waals surface area contributed by atoms with Gasteiger partial charge in [-0.2, -0.15) is 12.6 Å². The highest BCUT2D eigenvalue weighted by Gasteiger charge is 2.15. The van der Waals surface area contributed by atoms with Gasteiger partial charge in [-0.1, -0.05) is 19.8 Å². The molecule has 0 fully saturated rings. The Bertz CT molecular complexity index is 142. The van der Waals surface area contributed by atoms with Crippen molar-refractivity contribution in [1.82, 2.24) is 5.32 Å². The molecular weight excluding hydrogens is 186 g/mol. The third-order valence-corrected chi connectivity index (χ3v) is 2.20. The molecule has 0 heterocycles. The maximum atomic E-state index is 11.1. The van der Waals surface area contributed by atoms with Gasteiger partial charge in [0.1, 0.15) is 6.04 Å². The van der Waals surface area contributed by atoms with Crippen LogP contribution >= 0.6 is 12.6 Å². The van der Waals surface area contributed by atoms with Crippen molar-refractivity contribution >= 4 is 18.6 Å². The topological polar surface area (TPSA) is 38.3 Å². The average Bonchev–Trinajstić information content (AvgIpc) is 2.17. The summed E-state index contributed by atoms with van der Waals surface area (Å²) in [5.74, 6) is 0.255. The highest BCUT2D eigenvalue weighted by molar-refractivity contribution is 7.80. The van der Waals surface area contributed by atoms with Crippen LogP contribution in [0.25, 0.3) is 0 Å². The van der Waals surface area contributed by atoms with Gasteiger partial charge in [-0.25, -0.2) is 0 Å². The molecule has 0 aliphatic heterocycles. The summed E-state index contributed by atoms with van der Waals surface area (Å²) in [5.41, 5.74) is 0. The number of thiol groups is 1. The van der Waals surface area contributed by atoms with E-state index >= 15 is 0 Å². The van der Waals surface area contributed by atoms with E-state index in [-0.39, 0.29) is 12.0 Å². The lowest BCUT2D eigenvalue weighted by Crippen LogP contribution is -2.39. The summed E-state index contributed by atoms with van der Waals surface area (Å²) in [6.07, 6.45) is 3.47. The van der Waals surface area contributed by atoms with Crippen LogP contribution in [0.1, 0.15) is 26.2 Å². The van der Waals surface area contributed by atoms with Crippen LogP contribution in [0, 0.1) is 0 Å². The zero-order chi connectivity index (χ0) is 10.1. The Hall–Kier alpha value is -0.220. The van der Waals surface area contributed by atoms with E-state index < -0.39 is 0 Å². The number of methoxy groups -OCH3 is 1. The van der Waals surface area contributed by atoms with Crippen LogP contribution in [0.15, 0.2) is 0 Å². The summed E-state index contributed by atoms with van der Waals surface area (Å²) in [6, 6.07) is -0.259. The summed E-state index contributed by atoms with van der Waals surface area (Å²) in [7, 11) is 1.40. The minimum atomic E-state index is -0.259. The van der Waals surface area contributed by atoms with Gasteiger partial charge in [0.15, 0.2) is 0 Å². The van der Waals surface area contributed by atoms with E-state index in [0.29, 0.717) is 5.75 Å². The first-order chi connectivity index (χ1) is 6.26. The fourth-order valence-corrected chi connectivity index (χ4v) is 1.29. The minimum absolute atomic E-state index is 0.230. The summed E-state index contributed by atoms with van der Waals surface area (Å²) >= 11 is 4.07. The van der Waals surface area contributed by atoms with Crippen molar-refractivity contribution < 1.29 is 9.53 Å². The number of hydrogen-bond acceptors (Lipinski definition) is 4. The van der Waals surface area contributed by atoms with E-state index in [1.165, 1.54) is 20.0 Å². The number of carbonyl (C=O) groups is 1. The lowest BCUT2D eigenvalue weighted by molar-refractivity contribution is -0.142. The number of rotatable bonds is 7. The molecular formula is C9H19NO2S. The number of unbranched alkanes of at least 4 members (excludes halogenated alkanes) is 2. The molecule has 0 saturated heterocycles. The molecule has 78 valence electrons. The largest absolute Gasteiger partial charge is 0.468 e. The highest BCUT2D eigenvalue weighted by atomic mass is 32.1. The Labute approximate surface area is 85.6 Å². The predicted molar refractivity (Wildman–Crippen MR) is 57.2 cm³/mol. The van der Waals surface area contributed by atoms with Gasteiger partial charge in [0.25, 0.3) is 0 Å². The van der Waals surface area contributed by atoms with Gasteiger partial charge < -0.3 is 10.1 Å². The third-order valence-electron chi connectivity index (χ3n) is 1.84. The van der Waals surface area contributed by atoms with Gasteiger partial charge in [-0.3, -0.25) is 4.79 Å². The molecule has 0 amide bonds. The molecule has 1 atom stereocenters.